The van der Waals surface area contributed by atoms with Gasteiger partial charge < -0.3 is 4.74 Å². The number of amides is 2. The van der Waals surface area contributed by atoms with Crippen LogP contribution in [0, 0.1) is 0 Å². The fourth-order valence-corrected chi connectivity index (χ4v) is 1.45. The molecule has 0 saturated heterocycles. The molecule has 1 N–H and O–H groups in total. The van der Waals surface area contributed by atoms with Crippen LogP contribution in [0.2, 0.25) is 0 Å². The summed E-state index contributed by atoms with van der Waals surface area (Å²) in [7, 11) is 0. The maximum absolute atomic E-state index is 11.2. The first kappa shape index (κ1) is 15.7. The van der Waals surface area contributed by atoms with Gasteiger partial charge in [0.2, 0.25) is 5.91 Å². The average molecular weight is 241 g/mol. The van der Waals surface area contributed by atoms with Crippen LogP contribution in [0.15, 0.2) is 12.7 Å². The van der Waals surface area contributed by atoms with Gasteiger partial charge >= 0.3 is 6.09 Å². The van der Waals surface area contributed by atoms with Crippen molar-refractivity contribution in [3.8, 4) is 0 Å². The van der Waals surface area contributed by atoms with Crippen LogP contribution >= 0.6 is 0 Å². The predicted octanol–water partition coefficient (Wildman–Crippen LogP) is 3.18. The molecule has 0 aliphatic carbocycles. The summed E-state index contributed by atoms with van der Waals surface area (Å²) in [5.74, 6) is -0.255. The quantitative estimate of drug-likeness (QED) is 0.498. The maximum atomic E-state index is 11.2. The van der Waals surface area contributed by atoms with Crippen LogP contribution in [-0.4, -0.2) is 18.6 Å². The van der Waals surface area contributed by atoms with Crippen molar-refractivity contribution in [3.63, 3.8) is 0 Å². The van der Waals surface area contributed by atoms with Crippen LogP contribution in [-0.2, 0) is 9.53 Å². The summed E-state index contributed by atoms with van der Waals surface area (Å²) in [5.41, 5.74) is 0. The van der Waals surface area contributed by atoms with E-state index in [1.54, 1.807) is 6.92 Å². The number of ether oxygens (including phenoxy) is 1. The summed E-state index contributed by atoms with van der Waals surface area (Å²) in [6.07, 6.45) is 8.02. The molecule has 0 aromatic carbocycles. The van der Waals surface area contributed by atoms with Crippen molar-refractivity contribution in [2.75, 3.05) is 6.61 Å². The van der Waals surface area contributed by atoms with Crippen LogP contribution < -0.4 is 5.32 Å². The summed E-state index contributed by atoms with van der Waals surface area (Å²) >= 11 is 0. The van der Waals surface area contributed by atoms with Gasteiger partial charge in [0.15, 0.2) is 0 Å². The van der Waals surface area contributed by atoms with E-state index in [1.807, 2.05) is 6.08 Å². The number of carbonyl (C=O) groups excluding carboxylic acids is 2. The molecule has 4 nitrogen and oxygen atoms in total. The van der Waals surface area contributed by atoms with Gasteiger partial charge in [0.1, 0.15) is 0 Å². The molecule has 0 unspecified atom stereocenters. The Bertz CT molecular complexity index is 239. The van der Waals surface area contributed by atoms with E-state index in [2.05, 4.69) is 16.6 Å². The van der Waals surface area contributed by atoms with Crippen molar-refractivity contribution >= 4 is 12.0 Å². The Kier molecular flexibility index (Phi) is 10.3. The van der Waals surface area contributed by atoms with Gasteiger partial charge in [-0.05, 0) is 26.2 Å². The van der Waals surface area contributed by atoms with E-state index in [0.29, 0.717) is 6.42 Å². The summed E-state index contributed by atoms with van der Waals surface area (Å²) in [6.45, 7) is 5.65. The Balaban J connectivity index is 3.33. The standard InChI is InChI=1S/C13H23NO3/c1-3-5-6-7-8-9-10-11-12(15)14-13(16)17-4-2/h3H,1,4-11H2,2H3,(H,14,15,16). The SMILES string of the molecule is C=CCCCCCCCC(=O)NC(=O)OCC. The van der Waals surface area contributed by atoms with Crippen molar-refractivity contribution in [1.82, 2.24) is 5.32 Å². The highest BCUT2D eigenvalue weighted by Gasteiger charge is 2.06. The minimum Gasteiger partial charge on any atom is -0.450 e. The third kappa shape index (κ3) is 11.0. The first-order chi connectivity index (χ1) is 8.20. The van der Waals surface area contributed by atoms with Crippen LogP contribution in [0.4, 0.5) is 4.79 Å². The number of allylic oxidation sites excluding steroid dienone is 1. The van der Waals surface area contributed by atoms with E-state index < -0.39 is 6.09 Å². The van der Waals surface area contributed by atoms with E-state index in [9.17, 15) is 9.59 Å². The van der Waals surface area contributed by atoms with E-state index in [4.69, 9.17) is 0 Å². The Labute approximate surface area is 103 Å². The van der Waals surface area contributed by atoms with Gasteiger partial charge in [-0.3, -0.25) is 10.1 Å². The number of hydrogen-bond acceptors (Lipinski definition) is 3. The van der Waals surface area contributed by atoms with E-state index in [1.165, 1.54) is 12.8 Å². The number of imide groups is 1. The van der Waals surface area contributed by atoms with E-state index in [-0.39, 0.29) is 12.5 Å². The number of hydrogen-bond donors (Lipinski definition) is 1. The fraction of sp³-hybridized carbons (Fsp3) is 0.692. The molecule has 0 rings (SSSR count). The largest absolute Gasteiger partial charge is 0.450 e. The summed E-state index contributed by atoms with van der Waals surface area (Å²) in [4.78, 5) is 22.1. The normalized spacial score (nSPS) is 9.71. The third-order valence-electron chi connectivity index (χ3n) is 2.33. The maximum Gasteiger partial charge on any atom is 0.413 e. The lowest BCUT2D eigenvalue weighted by atomic mass is 10.1. The molecule has 0 atom stereocenters. The fourth-order valence-electron chi connectivity index (χ4n) is 1.45. The zero-order chi connectivity index (χ0) is 12.9. The molecule has 0 spiro atoms. The van der Waals surface area contributed by atoms with Gasteiger partial charge in [-0.1, -0.05) is 25.3 Å². The summed E-state index contributed by atoms with van der Waals surface area (Å²) in [6, 6.07) is 0. The van der Waals surface area contributed by atoms with Crippen LogP contribution in [0.3, 0.4) is 0 Å². The Morgan fingerprint density at radius 1 is 1.18 bits per heavy atom. The first-order valence-electron chi connectivity index (χ1n) is 6.28. The molecule has 17 heavy (non-hydrogen) atoms. The van der Waals surface area contributed by atoms with Crippen molar-refractivity contribution in [3.05, 3.63) is 12.7 Å². The second-order valence-corrected chi connectivity index (χ2v) is 3.86. The lowest BCUT2D eigenvalue weighted by Gasteiger charge is -2.03. The smallest absolute Gasteiger partial charge is 0.413 e. The molecule has 4 heteroatoms. The zero-order valence-corrected chi connectivity index (χ0v) is 10.7. The van der Waals surface area contributed by atoms with Crippen molar-refractivity contribution < 1.29 is 14.3 Å². The molecule has 0 aromatic rings. The lowest BCUT2D eigenvalue weighted by molar-refractivity contribution is -0.120. The van der Waals surface area contributed by atoms with Gasteiger partial charge in [-0.2, -0.15) is 0 Å². The van der Waals surface area contributed by atoms with Crippen molar-refractivity contribution in [2.24, 2.45) is 0 Å². The van der Waals surface area contributed by atoms with Crippen molar-refractivity contribution in [1.29, 1.82) is 0 Å². The monoisotopic (exact) mass is 241 g/mol. The highest BCUT2D eigenvalue weighted by Crippen LogP contribution is 2.07. The van der Waals surface area contributed by atoms with Gasteiger partial charge in [0.05, 0.1) is 6.61 Å². The first-order valence-corrected chi connectivity index (χ1v) is 6.28. The van der Waals surface area contributed by atoms with E-state index in [0.717, 1.165) is 25.7 Å². The van der Waals surface area contributed by atoms with Gasteiger partial charge in [-0.15, -0.1) is 6.58 Å². The summed E-state index contributed by atoms with van der Waals surface area (Å²) < 4.78 is 4.60. The van der Waals surface area contributed by atoms with Crippen LogP contribution in [0.5, 0.6) is 0 Å². The van der Waals surface area contributed by atoms with Crippen molar-refractivity contribution in [2.45, 2.75) is 51.9 Å². The molecule has 0 bridgehead atoms. The molecule has 0 aromatic heterocycles. The van der Waals surface area contributed by atoms with Gasteiger partial charge in [0, 0.05) is 6.42 Å². The molecular weight excluding hydrogens is 218 g/mol. The average Bonchev–Trinajstić information content (AvgIpc) is 2.28. The topological polar surface area (TPSA) is 55.4 Å². The number of alkyl carbamates (subject to hydrolysis) is 1. The molecule has 98 valence electrons. The Morgan fingerprint density at radius 3 is 2.47 bits per heavy atom. The van der Waals surface area contributed by atoms with Crippen LogP contribution in [0.25, 0.3) is 0 Å². The zero-order valence-electron chi connectivity index (χ0n) is 10.7. The highest BCUT2D eigenvalue weighted by atomic mass is 16.5. The number of nitrogens with one attached hydrogen (secondary N) is 1. The van der Waals surface area contributed by atoms with Gasteiger partial charge in [0.25, 0.3) is 0 Å². The molecule has 0 aliphatic rings. The highest BCUT2D eigenvalue weighted by molar-refractivity contribution is 5.91. The van der Waals surface area contributed by atoms with Crippen LogP contribution in [0.1, 0.15) is 51.9 Å². The molecule has 0 radical (unpaired) electrons. The van der Waals surface area contributed by atoms with Gasteiger partial charge in [-0.25, -0.2) is 4.79 Å². The minimum atomic E-state index is -0.650. The second kappa shape index (κ2) is 11.2. The third-order valence-corrected chi connectivity index (χ3v) is 2.33. The molecular formula is C13H23NO3. The second-order valence-electron chi connectivity index (χ2n) is 3.86. The predicted molar refractivity (Wildman–Crippen MR) is 67.7 cm³/mol. The Morgan fingerprint density at radius 2 is 1.82 bits per heavy atom. The summed E-state index contributed by atoms with van der Waals surface area (Å²) in [5, 5.41) is 2.18. The molecule has 0 saturated carbocycles. The molecule has 0 fully saturated rings. The minimum absolute atomic E-state index is 0.255. The lowest BCUT2D eigenvalue weighted by Crippen LogP contribution is -2.30. The molecule has 0 aliphatic heterocycles. The Hall–Kier alpha value is -1.32. The number of carbonyl (C=O) groups is 2. The number of rotatable bonds is 9. The molecule has 0 heterocycles. The molecule has 2 amide bonds. The number of unbranched alkanes of at least 4 members (excludes halogenated alkanes) is 5. The van der Waals surface area contributed by atoms with E-state index >= 15 is 0 Å².